The predicted molar refractivity (Wildman–Crippen MR) is 89.9 cm³/mol. The Morgan fingerprint density at radius 1 is 1.16 bits per heavy atom. The van der Waals surface area contributed by atoms with Gasteiger partial charge in [0.15, 0.2) is 6.61 Å². The van der Waals surface area contributed by atoms with Crippen molar-refractivity contribution in [2.45, 2.75) is 25.4 Å². The molecule has 2 aliphatic rings. The first-order valence-electron chi connectivity index (χ1n) is 8.17. The van der Waals surface area contributed by atoms with E-state index in [0.29, 0.717) is 5.41 Å². The standard InChI is InChI=1S/C17H21F3N2O2.ClH/c18-17(19,20)13-1-3-14(4-2-13)24-11-15(23)22-9-6-16(7-10-22)5-8-21-12-16;/h1-4,21H,5-12H2;1H. The Morgan fingerprint density at radius 2 is 1.80 bits per heavy atom. The van der Waals surface area contributed by atoms with Crippen LogP contribution in [0.5, 0.6) is 5.75 Å². The molecule has 1 N–H and O–H groups in total. The number of piperidine rings is 1. The summed E-state index contributed by atoms with van der Waals surface area (Å²) in [6.45, 7) is 3.37. The Labute approximate surface area is 151 Å². The van der Waals surface area contributed by atoms with Gasteiger partial charge in [-0.2, -0.15) is 13.2 Å². The molecule has 2 aliphatic heterocycles. The summed E-state index contributed by atoms with van der Waals surface area (Å²) < 4.78 is 42.8. The summed E-state index contributed by atoms with van der Waals surface area (Å²) in [4.78, 5) is 14.0. The number of nitrogens with zero attached hydrogens (tertiary/aromatic N) is 1. The van der Waals surface area contributed by atoms with Gasteiger partial charge in [-0.15, -0.1) is 12.4 Å². The zero-order valence-electron chi connectivity index (χ0n) is 13.8. The lowest BCUT2D eigenvalue weighted by atomic mass is 9.78. The van der Waals surface area contributed by atoms with Gasteiger partial charge in [0, 0.05) is 19.6 Å². The van der Waals surface area contributed by atoms with Crippen LogP contribution in [0, 0.1) is 5.41 Å². The average Bonchev–Trinajstić information content (AvgIpc) is 3.01. The first-order chi connectivity index (χ1) is 11.4. The van der Waals surface area contributed by atoms with Crippen molar-refractivity contribution in [3.8, 4) is 5.75 Å². The van der Waals surface area contributed by atoms with E-state index in [1.54, 1.807) is 4.90 Å². The molecule has 1 amide bonds. The molecule has 140 valence electrons. The summed E-state index contributed by atoms with van der Waals surface area (Å²) in [7, 11) is 0. The maximum atomic E-state index is 12.5. The third kappa shape index (κ3) is 4.79. The van der Waals surface area contributed by atoms with Crippen LogP contribution >= 0.6 is 12.4 Å². The number of hydrogen-bond acceptors (Lipinski definition) is 3. The minimum absolute atomic E-state index is 0. The predicted octanol–water partition coefficient (Wildman–Crippen LogP) is 3.11. The van der Waals surface area contributed by atoms with E-state index in [0.717, 1.165) is 57.6 Å². The van der Waals surface area contributed by atoms with Crippen LogP contribution in [0.4, 0.5) is 13.2 Å². The molecule has 2 saturated heterocycles. The average molecular weight is 379 g/mol. The summed E-state index contributed by atoms with van der Waals surface area (Å²) in [6, 6.07) is 4.39. The van der Waals surface area contributed by atoms with E-state index in [9.17, 15) is 18.0 Å². The van der Waals surface area contributed by atoms with Crippen molar-refractivity contribution in [2.75, 3.05) is 32.8 Å². The van der Waals surface area contributed by atoms with Gasteiger partial charge in [-0.05, 0) is 55.5 Å². The Hall–Kier alpha value is -1.47. The van der Waals surface area contributed by atoms with Crippen LogP contribution in [-0.2, 0) is 11.0 Å². The lowest BCUT2D eigenvalue weighted by Gasteiger charge is -2.38. The minimum atomic E-state index is -4.37. The number of ether oxygens (including phenoxy) is 1. The first kappa shape index (κ1) is 19.8. The molecule has 0 atom stereocenters. The molecule has 2 fully saturated rings. The third-order valence-electron chi connectivity index (χ3n) is 5.05. The third-order valence-corrected chi connectivity index (χ3v) is 5.05. The number of carbonyl (C=O) groups is 1. The minimum Gasteiger partial charge on any atom is -0.484 e. The lowest BCUT2D eigenvalue weighted by Crippen LogP contribution is -2.45. The SMILES string of the molecule is Cl.O=C(COc1ccc(C(F)(F)F)cc1)N1CCC2(CCNC2)CC1. The zero-order chi connectivity index (χ0) is 17.2. The fourth-order valence-corrected chi connectivity index (χ4v) is 3.43. The first-order valence-corrected chi connectivity index (χ1v) is 8.17. The fraction of sp³-hybridized carbons (Fsp3) is 0.588. The largest absolute Gasteiger partial charge is 0.484 e. The summed E-state index contributed by atoms with van der Waals surface area (Å²) in [6.07, 6.45) is -1.22. The molecule has 0 bridgehead atoms. The molecular formula is C17H22ClF3N2O2. The molecule has 1 spiro atoms. The van der Waals surface area contributed by atoms with Crippen LogP contribution in [0.25, 0.3) is 0 Å². The Bertz CT molecular complexity index is 577. The summed E-state index contributed by atoms with van der Waals surface area (Å²) in [5.41, 5.74) is -0.391. The number of carbonyl (C=O) groups excluding carboxylic acids is 1. The molecule has 25 heavy (non-hydrogen) atoms. The van der Waals surface area contributed by atoms with Gasteiger partial charge in [0.25, 0.3) is 5.91 Å². The molecule has 3 rings (SSSR count). The highest BCUT2D eigenvalue weighted by atomic mass is 35.5. The Morgan fingerprint density at radius 3 is 2.32 bits per heavy atom. The summed E-state index contributed by atoms with van der Waals surface area (Å²) >= 11 is 0. The number of alkyl halides is 3. The second kappa shape index (κ2) is 7.83. The maximum Gasteiger partial charge on any atom is 0.416 e. The highest BCUT2D eigenvalue weighted by Gasteiger charge is 2.38. The zero-order valence-corrected chi connectivity index (χ0v) is 14.6. The number of halogens is 4. The van der Waals surface area contributed by atoms with Crippen molar-refractivity contribution in [3.05, 3.63) is 29.8 Å². The molecule has 0 unspecified atom stereocenters. The van der Waals surface area contributed by atoms with Crippen LogP contribution in [0.15, 0.2) is 24.3 Å². The number of benzene rings is 1. The highest BCUT2D eigenvalue weighted by molar-refractivity contribution is 5.85. The van der Waals surface area contributed by atoms with Crippen LogP contribution in [-0.4, -0.2) is 43.6 Å². The quantitative estimate of drug-likeness (QED) is 0.878. The van der Waals surface area contributed by atoms with E-state index in [2.05, 4.69) is 5.32 Å². The van der Waals surface area contributed by atoms with Gasteiger partial charge in [-0.25, -0.2) is 0 Å². The van der Waals surface area contributed by atoms with E-state index in [4.69, 9.17) is 4.74 Å². The second-order valence-electron chi connectivity index (χ2n) is 6.62. The van der Waals surface area contributed by atoms with Crippen molar-refractivity contribution >= 4 is 18.3 Å². The molecule has 0 aromatic heterocycles. The normalized spacial score (nSPS) is 19.6. The topological polar surface area (TPSA) is 41.6 Å². The molecule has 2 heterocycles. The lowest BCUT2D eigenvalue weighted by molar-refractivity contribution is -0.138. The van der Waals surface area contributed by atoms with Crippen molar-refractivity contribution in [1.29, 1.82) is 0 Å². The Kier molecular flexibility index (Phi) is 6.21. The number of amides is 1. The second-order valence-corrected chi connectivity index (χ2v) is 6.62. The van der Waals surface area contributed by atoms with Gasteiger partial charge in [-0.3, -0.25) is 4.79 Å². The van der Waals surface area contributed by atoms with Gasteiger partial charge in [0.1, 0.15) is 5.75 Å². The summed E-state index contributed by atoms with van der Waals surface area (Å²) in [5, 5.41) is 3.38. The van der Waals surface area contributed by atoms with Crippen molar-refractivity contribution in [3.63, 3.8) is 0 Å². The van der Waals surface area contributed by atoms with E-state index < -0.39 is 11.7 Å². The molecule has 0 radical (unpaired) electrons. The van der Waals surface area contributed by atoms with Crippen LogP contribution in [0.3, 0.4) is 0 Å². The molecular weight excluding hydrogens is 357 g/mol. The highest BCUT2D eigenvalue weighted by Crippen LogP contribution is 2.37. The van der Waals surface area contributed by atoms with E-state index in [1.807, 2.05) is 0 Å². The fourth-order valence-electron chi connectivity index (χ4n) is 3.43. The van der Waals surface area contributed by atoms with E-state index in [1.165, 1.54) is 12.1 Å². The van der Waals surface area contributed by atoms with Gasteiger partial charge in [0.05, 0.1) is 5.56 Å². The number of rotatable bonds is 3. The number of hydrogen-bond donors (Lipinski definition) is 1. The number of likely N-dealkylation sites (tertiary alicyclic amines) is 1. The van der Waals surface area contributed by atoms with Gasteiger partial charge >= 0.3 is 6.18 Å². The van der Waals surface area contributed by atoms with E-state index >= 15 is 0 Å². The molecule has 1 aromatic carbocycles. The van der Waals surface area contributed by atoms with Crippen molar-refractivity contribution in [2.24, 2.45) is 5.41 Å². The maximum absolute atomic E-state index is 12.5. The molecule has 0 saturated carbocycles. The molecule has 4 nitrogen and oxygen atoms in total. The Balaban J connectivity index is 0.00000225. The van der Waals surface area contributed by atoms with E-state index in [-0.39, 0.29) is 30.7 Å². The van der Waals surface area contributed by atoms with Crippen molar-refractivity contribution in [1.82, 2.24) is 10.2 Å². The van der Waals surface area contributed by atoms with Crippen LogP contribution in [0.2, 0.25) is 0 Å². The smallest absolute Gasteiger partial charge is 0.416 e. The monoisotopic (exact) mass is 378 g/mol. The number of nitrogens with one attached hydrogen (secondary N) is 1. The van der Waals surface area contributed by atoms with Gasteiger partial charge in [-0.1, -0.05) is 0 Å². The van der Waals surface area contributed by atoms with Crippen LogP contribution < -0.4 is 10.1 Å². The molecule has 0 aliphatic carbocycles. The summed E-state index contributed by atoms with van der Waals surface area (Å²) in [5.74, 6) is 0.153. The molecule has 1 aromatic rings. The van der Waals surface area contributed by atoms with Gasteiger partial charge < -0.3 is 15.0 Å². The van der Waals surface area contributed by atoms with Crippen LogP contribution in [0.1, 0.15) is 24.8 Å². The molecule has 8 heteroatoms. The van der Waals surface area contributed by atoms with Crippen molar-refractivity contribution < 1.29 is 22.7 Å². The van der Waals surface area contributed by atoms with Gasteiger partial charge in [0.2, 0.25) is 0 Å².